The third kappa shape index (κ3) is 5.02. The molecule has 0 radical (unpaired) electrons. The first kappa shape index (κ1) is 30.3. The first-order chi connectivity index (χ1) is 26.2. The van der Waals surface area contributed by atoms with Gasteiger partial charge in [-0.1, -0.05) is 127 Å². The second kappa shape index (κ2) is 12.1. The second-order valence-corrected chi connectivity index (χ2v) is 15.7. The van der Waals surface area contributed by atoms with Crippen LogP contribution >= 0.6 is 22.7 Å². The molecule has 3 heterocycles. The largest absolute Gasteiger partial charge is 0.310 e. The highest BCUT2D eigenvalue weighted by Gasteiger charge is 2.18. The minimum atomic E-state index is 1.12. The van der Waals surface area contributed by atoms with Crippen molar-refractivity contribution in [3.05, 3.63) is 182 Å². The summed E-state index contributed by atoms with van der Waals surface area (Å²) in [5.41, 5.74) is 8.08. The normalized spacial score (nSPS) is 11.8. The average Bonchev–Trinajstić information content (AvgIpc) is 3.80. The van der Waals surface area contributed by atoms with Crippen molar-refractivity contribution in [3.8, 4) is 22.3 Å². The monoisotopic (exact) mass is 710 g/mol. The molecular weight excluding hydrogens is 681 g/mol. The van der Waals surface area contributed by atoms with Crippen molar-refractivity contribution in [3.63, 3.8) is 0 Å². The molecule has 0 aliphatic carbocycles. The molecule has 11 aromatic rings. The van der Waals surface area contributed by atoms with Gasteiger partial charge in [-0.05, 0) is 86.3 Å². The van der Waals surface area contributed by atoms with Gasteiger partial charge in [0, 0.05) is 69.8 Å². The van der Waals surface area contributed by atoms with Crippen LogP contribution in [0.15, 0.2) is 182 Å². The molecule has 0 bridgehead atoms. The van der Waals surface area contributed by atoms with Gasteiger partial charge in [-0.15, -0.1) is 22.7 Å². The molecule has 0 amide bonds. The van der Waals surface area contributed by atoms with Crippen LogP contribution in [0.5, 0.6) is 0 Å². The summed E-state index contributed by atoms with van der Waals surface area (Å²) in [5, 5.41) is 10.4. The topological polar surface area (TPSA) is 16.1 Å². The van der Waals surface area contributed by atoms with Crippen LogP contribution in [0.1, 0.15) is 0 Å². The standard InChI is InChI=1S/C49H30N2S2/c1-3-9-40-34(6-1)17-23-44-42-25-21-38(28-46(42)52-48(40)44)51(37-19-15-32(16-20-37)31-11-13-33(14-12-31)36-8-5-27-50-30-36)39-22-26-43-45-24-18-35-7-2-4-10-41(35)49(45)53-47(43)29-39/h1-30H. The van der Waals surface area contributed by atoms with Gasteiger partial charge >= 0.3 is 0 Å². The Labute approximate surface area is 314 Å². The lowest BCUT2D eigenvalue weighted by atomic mass is 10.0. The number of hydrogen-bond acceptors (Lipinski definition) is 4. The van der Waals surface area contributed by atoms with E-state index in [0.29, 0.717) is 0 Å². The Hall–Kier alpha value is -6.33. The van der Waals surface area contributed by atoms with Gasteiger partial charge in [0.05, 0.1) is 0 Å². The zero-order valence-corrected chi connectivity index (χ0v) is 30.2. The smallest absolute Gasteiger partial charge is 0.0476 e. The van der Waals surface area contributed by atoms with Crippen LogP contribution in [0.2, 0.25) is 0 Å². The van der Waals surface area contributed by atoms with E-state index in [4.69, 9.17) is 0 Å². The lowest BCUT2D eigenvalue weighted by molar-refractivity contribution is 1.30. The van der Waals surface area contributed by atoms with Crippen LogP contribution in [-0.2, 0) is 0 Å². The van der Waals surface area contributed by atoms with Gasteiger partial charge in [-0.2, -0.15) is 0 Å². The molecule has 0 aliphatic heterocycles. The van der Waals surface area contributed by atoms with Crippen molar-refractivity contribution < 1.29 is 0 Å². The maximum Gasteiger partial charge on any atom is 0.0476 e. The maximum atomic E-state index is 4.29. The van der Waals surface area contributed by atoms with Crippen LogP contribution in [-0.4, -0.2) is 4.98 Å². The van der Waals surface area contributed by atoms with Crippen LogP contribution in [0.25, 0.3) is 84.1 Å². The Morgan fingerprint density at radius 3 is 1.36 bits per heavy atom. The molecule has 8 aromatic carbocycles. The number of anilines is 3. The summed E-state index contributed by atoms with van der Waals surface area (Å²) in [6.07, 6.45) is 3.72. The summed E-state index contributed by atoms with van der Waals surface area (Å²) < 4.78 is 5.27. The Bertz CT molecular complexity index is 3000. The molecule has 53 heavy (non-hydrogen) atoms. The fourth-order valence-electron chi connectivity index (χ4n) is 7.90. The molecule has 0 fully saturated rings. The van der Waals surface area contributed by atoms with Crippen molar-refractivity contribution in [1.29, 1.82) is 0 Å². The first-order valence-electron chi connectivity index (χ1n) is 17.8. The molecule has 11 rings (SSSR count). The summed E-state index contributed by atoms with van der Waals surface area (Å²) in [6, 6.07) is 62.3. The maximum absolute atomic E-state index is 4.29. The molecule has 0 aliphatic rings. The van der Waals surface area contributed by atoms with Gasteiger partial charge in [-0.25, -0.2) is 0 Å². The third-order valence-electron chi connectivity index (χ3n) is 10.5. The SMILES string of the molecule is c1cncc(-c2ccc(-c3ccc(N(c4ccc5c(c4)sc4c6ccccc6ccc54)c4ccc5c(c4)sc4c6ccccc6ccc54)cc3)cc2)c1. The van der Waals surface area contributed by atoms with Gasteiger partial charge in [0.15, 0.2) is 0 Å². The molecule has 4 heteroatoms. The van der Waals surface area contributed by atoms with Gasteiger partial charge in [0.1, 0.15) is 0 Å². The molecule has 0 N–H and O–H groups in total. The highest BCUT2D eigenvalue weighted by atomic mass is 32.1. The molecule has 248 valence electrons. The molecule has 0 atom stereocenters. The van der Waals surface area contributed by atoms with E-state index < -0.39 is 0 Å². The highest BCUT2D eigenvalue weighted by Crippen LogP contribution is 2.45. The van der Waals surface area contributed by atoms with E-state index in [-0.39, 0.29) is 0 Å². The number of benzene rings is 8. The van der Waals surface area contributed by atoms with E-state index in [0.717, 1.165) is 22.6 Å². The van der Waals surface area contributed by atoms with Gasteiger partial charge in [0.2, 0.25) is 0 Å². The predicted octanol–water partition coefficient (Wildman–Crippen LogP) is 14.9. The number of hydrogen-bond donors (Lipinski definition) is 0. The van der Waals surface area contributed by atoms with E-state index in [2.05, 4.69) is 174 Å². The lowest BCUT2D eigenvalue weighted by Gasteiger charge is -2.26. The van der Waals surface area contributed by atoms with E-state index in [1.165, 1.54) is 78.6 Å². The van der Waals surface area contributed by atoms with Crippen LogP contribution in [0.3, 0.4) is 0 Å². The van der Waals surface area contributed by atoms with Gasteiger partial charge in [-0.3, -0.25) is 4.98 Å². The fourth-order valence-corrected chi connectivity index (χ4v) is 10.4. The lowest BCUT2D eigenvalue weighted by Crippen LogP contribution is -2.09. The van der Waals surface area contributed by atoms with Crippen LogP contribution < -0.4 is 4.90 Å². The van der Waals surface area contributed by atoms with E-state index in [1.54, 1.807) is 0 Å². The van der Waals surface area contributed by atoms with Crippen molar-refractivity contribution >= 4 is 102 Å². The molecule has 3 aromatic heterocycles. The predicted molar refractivity (Wildman–Crippen MR) is 231 cm³/mol. The molecule has 0 spiro atoms. The minimum absolute atomic E-state index is 1.12. The van der Waals surface area contributed by atoms with Crippen LogP contribution in [0, 0.1) is 0 Å². The summed E-state index contributed by atoms with van der Waals surface area (Å²) >= 11 is 3.78. The summed E-state index contributed by atoms with van der Waals surface area (Å²) in [6.45, 7) is 0. The Kier molecular flexibility index (Phi) is 6.94. The third-order valence-corrected chi connectivity index (χ3v) is 13.0. The number of rotatable bonds is 5. The van der Waals surface area contributed by atoms with Crippen molar-refractivity contribution in [1.82, 2.24) is 4.98 Å². The Morgan fingerprint density at radius 1 is 0.358 bits per heavy atom. The number of aromatic nitrogens is 1. The van der Waals surface area contributed by atoms with Crippen LogP contribution in [0.4, 0.5) is 17.1 Å². The summed E-state index contributed by atoms with van der Waals surface area (Å²) in [5.74, 6) is 0. The Morgan fingerprint density at radius 2 is 0.830 bits per heavy atom. The number of nitrogens with zero attached hydrogens (tertiary/aromatic N) is 2. The number of fused-ring (bicyclic) bond motifs is 10. The van der Waals surface area contributed by atoms with E-state index in [9.17, 15) is 0 Å². The van der Waals surface area contributed by atoms with Crippen molar-refractivity contribution in [2.75, 3.05) is 4.90 Å². The molecule has 0 unspecified atom stereocenters. The van der Waals surface area contributed by atoms with E-state index >= 15 is 0 Å². The minimum Gasteiger partial charge on any atom is -0.310 e. The number of pyridine rings is 1. The molecule has 0 saturated carbocycles. The van der Waals surface area contributed by atoms with Gasteiger partial charge in [0.25, 0.3) is 0 Å². The summed E-state index contributed by atoms with van der Waals surface area (Å²) in [7, 11) is 0. The number of thiophene rings is 2. The highest BCUT2D eigenvalue weighted by molar-refractivity contribution is 7.27. The fraction of sp³-hybridized carbons (Fsp3) is 0. The zero-order chi connectivity index (χ0) is 34.9. The molecule has 0 saturated heterocycles. The van der Waals surface area contributed by atoms with E-state index in [1.807, 2.05) is 41.1 Å². The second-order valence-electron chi connectivity index (χ2n) is 13.6. The zero-order valence-electron chi connectivity index (χ0n) is 28.5. The van der Waals surface area contributed by atoms with Gasteiger partial charge < -0.3 is 4.90 Å². The first-order valence-corrected chi connectivity index (χ1v) is 19.5. The summed E-state index contributed by atoms with van der Waals surface area (Å²) in [4.78, 5) is 6.71. The average molecular weight is 711 g/mol. The van der Waals surface area contributed by atoms with Crippen molar-refractivity contribution in [2.45, 2.75) is 0 Å². The van der Waals surface area contributed by atoms with Crippen molar-refractivity contribution in [2.24, 2.45) is 0 Å². The molecular formula is C49H30N2S2. The quantitative estimate of drug-likeness (QED) is 0.177. The molecule has 2 nitrogen and oxygen atoms in total. The Balaban J connectivity index is 1.05.